The summed E-state index contributed by atoms with van der Waals surface area (Å²) in [7, 11) is 4.01. The number of rotatable bonds is 4. The molecular formula is C14H23N3O. The van der Waals surface area contributed by atoms with Crippen LogP contribution in [0.3, 0.4) is 0 Å². The summed E-state index contributed by atoms with van der Waals surface area (Å²) in [5, 5.41) is 12.9. The Bertz CT molecular complexity index is 358. The summed E-state index contributed by atoms with van der Waals surface area (Å²) in [6.45, 7) is 4.98. The Morgan fingerprint density at radius 2 is 1.78 bits per heavy atom. The van der Waals surface area contributed by atoms with Crippen LogP contribution in [0.1, 0.15) is 11.7 Å². The third-order valence-electron chi connectivity index (χ3n) is 3.54. The zero-order chi connectivity index (χ0) is 13.0. The van der Waals surface area contributed by atoms with Gasteiger partial charge >= 0.3 is 0 Å². The molecule has 0 aliphatic carbocycles. The van der Waals surface area contributed by atoms with Crippen molar-refractivity contribution < 1.29 is 5.11 Å². The highest BCUT2D eigenvalue weighted by Crippen LogP contribution is 2.20. The summed E-state index contributed by atoms with van der Waals surface area (Å²) in [4.78, 5) is 4.75. The second-order valence-electron chi connectivity index (χ2n) is 4.96. The Morgan fingerprint density at radius 1 is 1.17 bits per heavy atom. The molecule has 0 bridgehead atoms. The van der Waals surface area contributed by atoms with Crippen LogP contribution >= 0.6 is 0 Å². The lowest BCUT2D eigenvalue weighted by atomic mass is 10.1. The molecular weight excluding hydrogens is 226 g/mol. The third kappa shape index (κ3) is 3.22. The first kappa shape index (κ1) is 13.3. The number of hydrogen-bond donors (Lipinski definition) is 2. The highest BCUT2D eigenvalue weighted by atomic mass is 16.3. The number of anilines is 1. The van der Waals surface area contributed by atoms with Crippen molar-refractivity contribution >= 4 is 5.69 Å². The highest BCUT2D eigenvalue weighted by Gasteiger charge is 2.14. The predicted octanol–water partition coefficient (Wildman–Crippen LogP) is 0.691. The zero-order valence-corrected chi connectivity index (χ0v) is 11.3. The standard InChI is InChI=1S/C14H23N3O/c1-15-11-14(18)12-3-5-13(6-4-12)17-9-7-16(2)8-10-17/h3-6,14-15,18H,7-11H2,1-2H3. The minimum atomic E-state index is -0.420. The molecule has 1 unspecified atom stereocenters. The Hall–Kier alpha value is -1.10. The van der Waals surface area contributed by atoms with Gasteiger partial charge in [-0.05, 0) is 31.8 Å². The van der Waals surface area contributed by atoms with Gasteiger partial charge in [0.25, 0.3) is 0 Å². The average molecular weight is 249 g/mol. The molecule has 1 aromatic carbocycles. The van der Waals surface area contributed by atoms with Gasteiger partial charge < -0.3 is 20.2 Å². The molecule has 1 atom stereocenters. The molecule has 0 aromatic heterocycles. The molecule has 1 saturated heterocycles. The lowest BCUT2D eigenvalue weighted by Crippen LogP contribution is -2.44. The van der Waals surface area contributed by atoms with E-state index < -0.39 is 6.10 Å². The van der Waals surface area contributed by atoms with E-state index in [0.29, 0.717) is 6.54 Å². The van der Waals surface area contributed by atoms with E-state index >= 15 is 0 Å². The van der Waals surface area contributed by atoms with Gasteiger partial charge in [-0.25, -0.2) is 0 Å². The number of piperazine rings is 1. The average Bonchev–Trinajstić information content (AvgIpc) is 2.40. The molecule has 4 nitrogen and oxygen atoms in total. The molecule has 0 amide bonds. The van der Waals surface area contributed by atoms with E-state index in [-0.39, 0.29) is 0 Å². The van der Waals surface area contributed by atoms with Crippen LogP contribution in [-0.2, 0) is 0 Å². The van der Waals surface area contributed by atoms with Crippen LogP contribution < -0.4 is 10.2 Å². The van der Waals surface area contributed by atoms with Crippen LogP contribution in [0.4, 0.5) is 5.69 Å². The van der Waals surface area contributed by atoms with Gasteiger partial charge in [0, 0.05) is 38.4 Å². The smallest absolute Gasteiger partial charge is 0.0914 e. The number of nitrogens with one attached hydrogen (secondary N) is 1. The summed E-state index contributed by atoms with van der Waals surface area (Å²) >= 11 is 0. The van der Waals surface area contributed by atoms with Crippen molar-refractivity contribution in [2.75, 3.05) is 51.7 Å². The van der Waals surface area contributed by atoms with Crippen LogP contribution in [0, 0.1) is 0 Å². The Kier molecular flexibility index (Phi) is 4.58. The van der Waals surface area contributed by atoms with Crippen molar-refractivity contribution in [2.45, 2.75) is 6.10 Å². The fourth-order valence-corrected chi connectivity index (χ4v) is 2.28. The molecule has 0 spiro atoms. The van der Waals surface area contributed by atoms with Gasteiger partial charge in [0.15, 0.2) is 0 Å². The Balaban J connectivity index is 1.99. The minimum Gasteiger partial charge on any atom is -0.387 e. The van der Waals surface area contributed by atoms with Gasteiger partial charge in [0.2, 0.25) is 0 Å². The first-order chi connectivity index (χ1) is 8.70. The monoisotopic (exact) mass is 249 g/mol. The second kappa shape index (κ2) is 6.18. The zero-order valence-electron chi connectivity index (χ0n) is 11.3. The second-order valence-corrected chi connectivity index (χ2v) is 4.96. The number of benzene rings is 1. The number of nitrogens with zero attached hydrogens (tertiary/aromatic N) is 2. The van der Waals surface area contributed by atoms with E-state index in [2.05, 4.69) is 34.3 Å². The van der Waals surface area contributed by atoms with E-state index in [4.69, 9.17) is 0 Å². The first-order valence-corrected chi connectivity index (χ1v) is 6.57. The molecule has 1 aliphatic heterocycles. The number of aliphatic hydroxyl groups is 1. The van der Waals surface area contributed by atoms with Gasteiger partial charge in [0.1, 0.15) is 0 Å². The van der Waals surface area contributed by atoms with Crippen molar-refractivity contribution in [1.29, 1.82) is 0 Å². The summed E-state index contributed by atoms with van der Waals surface area (Å²) < 4.78 is 0. The van der Waals surface area contributed by atoms with E-state index in [9.17, 15) is 5.11 Å². The number of hydrogen-bond acceptors (Lipinski definition) is 4. The van der Waals surface area contributed by atoms with E-state index in [1.807, 2.05) is 19.2 Å². The van der Waals surface area contributed by atoms with E-state index in [1.165, 1.54) is 5.69 Å². The quantitative estimate of drug-likeness (QED) is 0.823. The topological polar surface area (TPSA) is 38.7 Å². The van der Waals surface area contributed by atoms with Crippen LogP contribution in [0.25, 0.3) is 0 Å². The van der Waals surface area contributed by atoms with Crippen molar-refractivity contribution in [3.63, 3.8) is 0 Å². The highest BCUT2D eigenvalue weighted by molar-refractivity contribution is 5.48. The molecule has 1 heterocycles. The molecule has 2 rings (SSSR count). The normalized spacial score (nSPS) is 18.9. The molecule has 4 heteroatoms. The summed E-state index contributed by atoms with van der Waals surface area (Å²) in [5.74, 6) is 0. The van der Waals surface area contributed by atoms with Gasteiger partial charge in [-0.1, -0.05) is 12.1 Å². The molecule has 2 N–H and O–H groups in total. The van der Waals surface area contributed by atoms with Crippen molar-refractivity contribution in [3.05, 3.63) is 29.8 Å². The summed E-state index contributed by atoms with van der Waals surface area (Å²) in [5.41, 5.74) is 2.23. The van der Waals surface area contributed by atoms with Gasteiger partial charge in [-0.3, -0.25) is 0 Å². The lowest BCUT2D eigenvalue weighted by Gasteiger charge is -2.34. The van der Waals surface area contributed by atoms with Gasteiger partial charge in [-0.15, -0.1) is 0 Å². The Morgan fingerprint density at radius 3 is 2.33 bits per heavy atom. The van der Waals surface area contributed by atoms with Crippen LogP contribution in [-0.4, -0.2) is 56.8 Å². The third-order valence-corrected chi connectivity index (χ3v) is 3.54. The lowest BCUT2D eigenvalue weighted by molar-refractivity contribution is 0.178. The fourth-order valence-electron chi connectivity index (χ4n) is 2.28. The predicted molar refractivity (Wildman–Crippen MR) is 75.0 cm³/mol. The maximum Gasteiger partial charge on any atom is 0.0914 e. The summed E-state index contributed by atoms with van der Waals surface area (Å²) in [6, 6.07) is 8.27. The largest absolute Gasteiger partial charge is 0.387 e. The Labute approximate surface area is 109 Å². The molecule has 18 heavy (non-hydrogen) atoms. The van der Waals surface area contributed by atoms with Gasteiger partial charge in [-0.2, -0.15) is 0 Å². The van der Waals surface area contributed by atoms with Crippen LogP contribution in [0.15, 0.2) is 24.3 Å². The van der Waals surface area contributed by atoms with Gasteiger partial charge in [0.05, 0.1) is 6.10 Å². The maximum absolute atomic E-state index is 9.87. The number of aliphatic hydroxyl groups excluding tert-OH is 1. The van der Waals surface area contributed by atoms with Crippen LogP contribution in [0.5, 0.6) is 0 Å². The summed E-state index contributed by atoms with van der Waals surface area (Å²) in [6.07, 6.45) is -0.420. The molecule has 0 radical (unpaired) electrons. The van der Waals surface area contributed by atoms with Crippen LogP contribution in [0.2, 0.25) is 0 Å². The maximum atomic E-state index is 9.87. The SMILES string of the molecule is CNCC(O)c1ccc(N2CCN(C)CC2)cc1. The van der Waals surface area contributed by atoms with Crippen molar-refractivity contribution in [2.24, 2.45) is 0 Å². The molecule has 1 aliphatic rings. The van der Waals surface area contributed by atoms with E-state index in [0.717, 1.165) is 31.7 Å². The fraction of sp³-hybridized carbons (Fsp3) is 0.571. The minimum absolute atomic E-state index is 0.420. The van der Waals surface area contributed by atoms with Crippen molar-refractivity contribution in [3.8, 4) is 0 Å². The number of likely N-dealkylation sites (N-methyl/N-ethyl adjacent to an activating group) is 2. The molecule has 1 fully saturated rings. The van der Waals surface area contributed by atoms with Crippen molar-refractivity contribution in [1.82, 2.24) is 10.2 Å². The van der Waals surface area contributed by atoms with E-state index in [1.54, 1.807) is 0 Å². The molecule has 100 valence electrons. The molecule has 0 saturated carbocycles. The molecule has 1 aromatic rings. The first-order valence-electron chi connectivity index (χ1n) is 6.57.